The summed E-state index contributed by atoms with van der Waals surface area (Å²) in [5.74, 6) is -0.767. The van der Waals surface area contributed by atoms with Crippen LogP contribution in [0.2, 0.25) is 0 Å². The van der Waals surface area contributed by atoms with Crippen LogP contribution < -0.4 is 0 Å². The van der Waals surface area contributed by atoms with Crippen molar-refractivity contribution in [1.29, 1.82) is 0 Å². The molecule has 24 heavy (non-hydrogen) atoms. The van der Waals surface area contributed by atoms with Gasteiger partial charge in [-0.05, 0) is 40.5 Å². The number of Topliss-reactive ketones (excluding diaryl/α,β-unsaturated/α-hetero) is 1. The van der Waals surface area contributed by atoms with Gasteiger partial charge in [-0.15, -0.1) is 0 Å². The van der Waals surface area contributed by atoms with Gasteiger partial charge in [-0.2, -0.15) is 0 Å². The zero-order valence-electron chi connectivity index (χ0n) is 14.7. The van der Waals surface area contributed by atoms with Gasteiger partial charge in [-0.25, -0.2) is 0 Å². The lowest BCUT2D eigenvalue weighted by molar-refractivity contribution is -0.155. The number of ether oxygens (including phenoxy) is 1. The summed E-state index contributed by atoms with van der Waals surface area (Å²) in [7, 11) is 0. The second-order valence-electron chi connectivity index (χ2n) is 7.24. The fraction of sp³-hybridized carbons (Fsp3) is 0.526. The Hall–Kier alpha value is -1.75. The minimum atomic E-state index is -0.528. The molecule has 0 saturated heterocycles. The van der Waals surface area contributed by atoms with Crippen molar-refractivity contribution >= 4 is 29.0 Å². The summed E-state index contributed by atoms with van der Waals surface area (Å²) >= 11 is 5.55. The average molecular weight is 347 g/mol. The van der Waals surface area contributed by atoms with Crippen molar-refractivity contribution in [3.8, 4) is 0 Å². The Bertz CT molecular complexity index is 617. The van der Waals surface area contributed by atoms with E-state index in [9.17, 15) is 9.59 Å². The molecule has 5 heteroatoms. The predicted molar refractivity (Wildman–Crippen MR) is 98.1 cm³/mol. The Balaban J connectivity index is 2.06. The van der Waals surface area contributed by atoms with Gasteiger partial charge in [-0.1, -0.05) is 42.5 Å². The quantitative estimate of drug-likeness (QED) is 0.447. The predicted octanol–water partition coefficient (Wildman–Crippen LogP) is 3.64. The molecular weight excluding hydrogens is 322 g/mol. The molecule has 1 unspecified atom stereocenters. The summed E-state index contributed by atoms with van der Waals surface area (Å²) in [6.45, 7) is 7.43. The molecule has 2 rings (SSSR count). The van der Waals surface area contributed by atoms with Crippen molar-refractivity contribution in [2.45, 2.75) is 52.2 Å². The summed E-state index contributed by atoms with van der Waals surface area (Å²) in [6, 6.07) is 9.37. The highest BCUT2D eigenvalue weighted by molar-refractivity contribution is 7.80. The molecule has 1 aromatic carbocycles. The molecule has 1 aliphatic rings. The van der Waals surface area contributed by atoms with Crippen LogP contribution in [0.5, 0.6) is 0 Å². The minimum Gasteiger partial charge on any atom is -0.459 e. The van der Waals surface area contributed by atoms with Crippen LogP contribution in [0.1, 0.15) is 50.9 Å². The van der Waals surface area contributed by atoms with Gasteiger partial charge in [0.05, 0.1) is 10.9 Å². The fourth-order valence-corrected chi connectivity index (χ4v) is 2.82. The Morgan fingerprint density at radius 2 is 1.83 bits per heavy atom. The number of carbonyl (C=O) groups excluding carboxylic acids is 2. The van der Waals surface area contributed by atoms with Crippen LogP contribution in [0.15, 0.2) is 30.3 Å². The molecule has 0 heterocycles. The van der Waals surface area contributed by atoms with Crippen LogP contribution in [0, 0.1) is 5.92 Å². The number of hydrogen-bond acceptors (Lipinski definition) is 4. The highest BCUT2D eigenvalue weighted by Crippen LogP contribution is 2.29. The first-order valence-electron chi connectivity index (χ1n) is 8.30. The number of esters is 1. The van der Waals surface area contributed by atoms with E-state index in [4.69, 9.17) is 17.0 Å². The summed E-state index contributed by atoms with van der Waals surface area (Å²) in [5.41, 5.74) is 0.111. The highest BCUT2D eigenvalue weighted by Gasteiger charge is 2.36. The molecule has 0 bridgehead atoms. The lowest BCUT2D eigenvalue weighted by Crippen LogP contribution is -2.43. The van der Waals surface area contributed by atoms with Gasteiger partial charge in [0.2, 0.25) is 0 Å². The Labute approximate surface area is 149 Å². The second kappa shape index (κ2) is 7.43. The molecule has 1 aliphatic carbocycles. The van der Waals surface area contributed by atoms with Crippen LogP contribution in [-0.2, 0) is 9.53 Å². The van der Waals surface area contributed by atoms with Crippen LogP contribution in [0.25, 0.3) is 0 Å². The van der Waals surface area contributed by atoms with E-state index in [1.165, 1.54) is 0 Å². The number of hydrogen-bond donors (Lipinski definition) is 0. The molecule has 130 valence electrons. The normalized spacial score (nSPS) is 15.5. The van der Waals surface area contributed by atoms with E-state index in [-0.39, 0.29) is 24.3 Å². The zero-order chi connectivity index (χ0) is 17.9. The molecule has 0 amide bonds. The Kier molecular flexibility index (Phi) is 5.75. The first-order valence-corrected chi connectivity index (χ1v) is 8.71. The monoisotopic (exact) mass is 347 g/mol. The summed E-state index contributed by atoms with van der Waals surface area (Å²) in [6.07, 6.45) is 1.99. The topological polar surface area (TPSA) is 46.6 Å². The number of carbonyl (C=O) groups is 2. The lowest BCUT2D eigenvalue weighted by atomic mass is 9.98. The van der Waals surface area contributed by atoms with Crippen molar-refractivity contribution in [1.82, 2.24) is 4.90 Å². The maximum Gasteiger partial charge on any atom is 0.326 e. The van der Waals surface area contributed by atoms with Gasteiger partial charge in [0.1, 0.15) is 12.1 Å². The first kappa shape index (κ1) is 18.6. The van der Waals surface area contributed by atoms with Crippen LogP contribution in [0.4, 0.5) is 0 Å². The van der Waals surface area contributed by atoms with Crippen LogP contribution in [-0.4, -0.2) is 39.8 Å². The van der Waals surface area contributed by atoms with E-state index in [2.05, 4.69) is 0 Å². The maximum absolute atomic E-state index is 12.6. The van der Waals surface area contributed by atoms with Gasteiger partial charge < -0.3 is 9.64 Å². The fourth-order valence-electron chi connectivity index (χ4n) is 2.50. The SMILES string of the molecule is CC(C(=O)c1ccccc1)C(=S)N(CC(=O)OC(C)(C)C)C1CC1. The largest absolute Gasteiger partial charge is 0.459 e. The van der Waals surface area contributed by atoms with Gasteiger partial charge in [0, 0.05) is 11.6 Å². The first-order chi connectivity index (χ1) is 11.2. The molecule has 0 spiro atoms. The highest BCUT2D eigenvalue weighted by atomic mass is 32.1. The Morgan fingerprint density at radius 3 is 2.33 bits per heavy atom. The third-order valence-electron chi connectivity index (χ3n) is 3.81. The summed E-state index contributed by atoms with van der Waals surface area (Å²) in [5, 5.41) is 0. The number of rotatable bonds is 6. The van der Waals surface area contributed by atoms with E-state index in [1.807, 2.05) is 50.8 Å². The molecule has 0 radical (unpaired) electrons. The number of benzene rings is 1. The van der Waals surface area contributed by atoms with E-state index in [0.29, 0.717) is 10.6 Å². The number of ketones is 1. The van der Waals surface area contributed by atoms with E-state index in [0.717, 1.165) is 12.8 Å². The molecule has 0 aromatic heterocycles. The van der Waals surface area contributed by atoms with Crippen molar-refractivity contribution in [3.63, 3.8) is 0 Å². The number of nitrogens with zero attached hydrogens (tertiary/aromatic N) is 1. The van der Waals surface area contributed by atoms with Crippen molar-refractivity contribution in [3.05, 3.63) is 35.9 Å². The van der Waals surface area contributed by atoms with E-state index >= 15 is 0 Å². The smallest absolute Gasteiger partial charge is 0.326 e. The molecule has 0 N–H and O–H groups in total. The van der Waals surface area contributed by atoms with Gasteiger partial charge >= 0.3 is 5.97 Å². The molecule has 1 aromatic rings. The van der Waals surface area contributed by atoms with Gasteiger partial charge in [-0.3, -0.25) is 9.59 Å². The molecular formula is C19H25NO3S. The lowest BCUT2D eigenvalue weighted by Gasteiger charge is -2.29. The van der Waals surface area contributed by atoms with Gasteiger partial charge in [0.25, 0.3) is 0 Å². The van der Waals surface area contributed by atoms with Crippen molar-refractivity contribution < 1.29 is 14.3 Å². The van der Waals surface area contributed by atoms with Gasteiger partial charge in [0.15, 0.2) is 5.78 Å². The van der Waals surface area contributed by atoms with Crippen LogP contribution >= 0.6 is 12.2 Å². The second-order valence-corrected chi connectivity index (χ2v) is 7.65. The molecule has 1 fully saturated rings. The van der Waals surface area contributed by atoms with E-state index < -0.39 is 11.5 Å². The molecule has 1 atom stereocenters. The Morgan fingerprint density at radius 1 is 1.25 bits per heavy atom. The zero-order valence-corrected chi connectivity index (χ0v) is 15.6. The summed E-state index contributed by atoms with van der Waals surface area (Å²) < 4.78 is 5.40. The molecule has 4 nitrogen and oxygen atoms in total. The minimum absolute atomic E-state index is 0.0181. The molecule has 1 saturated carbocycles. The van der Waals surface area contributed by atoms with Crippen LogP contribution in [0.3, 0.4) is 0 Å². The standard InChI is InChI=1S/C19H25NO3S/c1-13(17(22)14-8-6-5-7-9-14)18(24)20(15-10-11-15)12-16(21)23-19(2,3)4/h5-9,13,15H,10-12H2,1-4H3. The number of thiocarbonyl (C=S) groups is 1. The van der Waals surface area contributed by atoms with Crippen molar-refractivity contribution in [2.75, 3.05) is 6.54 Å². The van der Waals surface area contributed by atoms with E-state index in [1.54, 1.807) is 12.1 Å². The molecule has 0 aliphatic heterocycles. The maximum atomic E-state index is 12.6. The third-order valence-corrected chi connectivity index (χ3v) is 4.40. The third kappa shape index (κ3) is 5.13. The average Bonchev–Trinajstić information content (AvgIpc) is 3.34. The summed E-state index contributed by atoms with van der Waals surface area (Å²) in [4.78, 5) is 27.2. The van der Waals surface area contributed by atoms with Crippen molar-refractivity contribution in [2.24, 2.45) is 5.92 Å².